The zero-order chi connectivity index (χ0) is 37.9. The van der Waals surface area contributed by atoms with Gasteiger partial charge < -0.3 is 4.42 Å². The van der Waals surface area contributed by atoms with Crippen molar-refractivity contribution in [1.29, 1.82) is 0 Å². The van der Waals surface area contributed by atoms with Gasteiger partial charge >= 0.3 is 0 Å². The topological polar surface area (TPSA) is 56.7 Å². The average molecular weight is 739 g/mol. The molecule has 13 aromatic rings. The summed E-state index contributed by atoms with van der Waals surface area (Å²) in [6.07, 6.45) is 0. The Bertz CT molecular complexity index is 3840. The molecule has 268 valence electrons. The highest BCUT2D eigenvalue weighted by molar-refractivity contribution is 6.26. The van der Waals surface area contributed by atoms with Gasteiger partial charge in [-0.1, -0.05) is 146 Å². The van der Waals surface area contributed by atoms with Crippen LogP contribution in [0.1, 0.15) is 0 Å². The summed E-state index contributed by atoms with van der Waals surface area (Å²) in [5.41, 5.74) is 5.53. The highest BCUT2D eigenvalue weighted by atomic mass is 16.3. The van der Waals surface area contributed by atoms with Crippen molar-refractivity contribution >= 4 is 97.6 Å². The number of fused-ring (bicyclic) bond motifs is 15. The largest absolute Gasteiger partial charge is 0.455 e. The Morgan fingerprint density at radius 3 is 1.69 bits per heavy atom. The van der Waals surface area contributed by atoms with Crippen LogP contribution < -0.4 is 0 Å². The number of nitrogens with zero attached hydrogens (tertiary/aromatic N) is 4. The first-order valence-electron chi connectivity index (χ1n) is 19.6. The summed E-state index contributed by atoms with van der Waals surface area (Å²) in [6, 6.07) is 64.4. The maximum atomic E-state index is 6.65. The van der Waals surface area contributed by atoms with E-state index in [1.165, 1.54) is 32.3 Å². The van der Waals surface area contributed by atoms with E-state index in [-0.39, 0.29) is 0 Å². The van der Waals surface area contributed by atoms with E-state index in [2.05, 4.69) is 174 Å². The van der Waals surface area contributed by atoms with Crippen molar-refractivity contribution in [1.82, 2.24) is 19.5 Å². The Labute approximate surface area is 331 Å². The Kier molecular flexibility index (Phi) is 6.38. The van der Waals surface area contributed by atoms with Gasteiger partial charge in [0.15, 0.2) is 11.6 Å². The smallest absolute Gasteiger partial charge is 0.238 e. The maximum Gasteiger partial charge on any atom is 0.238 e. The molecular formula is C53H30N4O. The molecule has 3 aromatic heterocycles. The number of hydrogen-bond acceptors (Lipinski definition) is 4. The van der Waals surface area contributed by atoms with Crippen molar-refractivity contribution in [3.63, 3.8) is 0 Å². The van der Waals surface area contributed by atoms with Crippen molar-refractivity contribution in [2.75, 3.05) is 0 Å². The van der Waals surface area contributed by atoms with E-state index >= 15 is 0 Å². The molecular weight excluding hydrogens is 709 g/mol. The summed E-state index contributed by atoms with van der Waals surface area (Å²) < 4.78 is 8.86. The number of hydrogen-bond donors (Lipinski definition) is 0. The van der Waals surface area contributed by atoms with E-state index in [1.807, 2.05) is 12.1 Å². The molecule has 58 heavy (non-hydrogen) atoms. The second-order valence-corrected chi connectivity index (χ2v) is 15.2. The number of rotatable bonds is 3. The molecule has 0 aliphatic heterocycles. The molecule has 0 saturated carbocycles. The fourth-order valence-corrected chi connectivity index (χ4v) is 9.37. The first kappa shape index (κ1) is 31.3. The molecule has 0 saturated heterocycles. The van der Waals surface area contributed by atoms with Gasteiger partial charge in [0, 0.05) is 38.1 Å². The third-order valence-electron chi connectivity index (χ3n) is 12.0. The fourth-order valence-electron chi connectivity index (χ4n) is 9.37. The molecule has 0 aliphatic rings. The normalized spacial score (nSPS) is 12.1. The van der Waals surface area contributed by atoms with Gasteiger partial charge in [0.05, 0.1) is 11.0 Å². The number of para-hydroxylation sites is 2. The van der Waals surface area contributed by atoms with Crippen molar-refractivity contribution in [3.05, 3.63) is 182 Å². The molecule has 3 heterocycles. The van der Waals surface area contributed by atoms with E-state index in [1.54, 1.807) is 0 Å². The van der Waals surface area contributed by atoms with Gasteiger partial charge in [-0.3, -0.25) is 4.57 Å². The number of furan rings is 1. The summed E-state index contributed by atoms with van der Waals surface area (Å²) in [7, 11) is 0. The van der Waals surface area contributed by atoms with Crippen LogP contribution in [0.2, 0.25) is 0 Å². The van der Waals surface area contributed by atoms with E-state index in [0.29, 0.717) is 17.6 Å². The standard InChI is InChI=1S/C53H30N4O/c1-2-14-32-30-47-44(27-31(32)13-1)41-21-9-11-23-46(41)57(47)53-55-51(34-25-26-40-38-19-6-5-17-36(38)37-18-7-8-20-39(37)43(40)29-34)54-52(56-53)45-28-33-15-3-4-16-35(33)50-49(45)42-22-10-12-24-48(42)58-50/h1-30H. The molecule has 0 bridgehead atoms. The van der Waals surface area contributed by atoms with Crippen LogP contribution in [-0.2, 0) is 0 Å². The van der Waals surface area contributed by atoms with E-state index in [0.717, 1.165) is 76.4 Å². The predicted molar refractivity (Wildman–Crippen MR) is 240 cm³/mol. The summed E-state index contributed by atoms with van der Waals surface area (Å²) >= 11 is 0. The summed E-state index contributed by atoms with van der Waals surface area (Å²) in [5.74, 6) is 1.73. The molecule has 0 aliphatic carbocycles. The molecule has 0 spiro atoms. The Balaban J connectivity index is 1.16. The Morgan fingerprint density at radius 2 is 0.931 bits per heavy atom. The van der Waals surface area contributed by atoms with Gasteiger partial charge in [-0.15, -0.1) is 0 Å². The SMILES string of the molecule is c1ccc2cc3c(cc2c1)c1ccccc1n3-c1nc(-c2ccc3c4ccccc4c4ccccc4c3c2)nc(-c2cc3ccccc3c3oc4ccccc4c23)n1. The van der Waals surface area contributed by atoms with Crippen molar-refractivity contribution in [2.45, 2.75) is 0 Å². The monoisotopic (exact) mass is 738 g/mol. The van der Waals surface area contributed by atoms with Gasteiger partial charge in [0.25, 0.3) is 0 Å². The lowest BCUT2D eigenvalue weighted by Gasteiger charge is -2.14. The van der Waals surface area contributed by atoms with Crippen molar-refractivity contribution in [3.8, 4) is 28.7 Å². The van der Waals surface area contributed by atoms with E-state index in [4.69, 9.17) is 19.4 Å². The van der Waals surface area contributed by atoms with Crippen LogP contribution in [0, 0.1) is 0 Å². The number of aromatic nitrogens is 4. The molecule has 5 heteroatoms. The molecule has 0 atom stereocenters. The molecule has 0 amide bonds. The number of benzene rings is 10. The van der Waals surface area contributed by atoms with E-state index in [9.17, 15) is 0 Å². The quantitative estimate of drug-likeness (QED) is 0.169. The van der Waals surface area contributed by atoms with Crippen LogP contribution in [0.4, 0.5) is 0 Å². The lowest BCUT2D eigenvalue weighted by Crippen LogP contribution is -2.06. The van der Waals surface area contributed by atoms with Gasteiger partial charge in [0.2, 0.25) is 5.95 Å². The van der Waals surface area contributed by atoms with Crippen LogP contribution >= 0.6 is 0 Å². The second-order valence-electron chi connectivity index (χ2n) is 15.2. The third kappa shape index (κ3) is 4.44. The van der Waals surface area contributed by atoms with Crippen molar-refractivity contribution < 1.29 is 4.42 Å². The zero-order valence-electron chi connectivity index (χ0n) is 31.0. The molecule has 5 nitrogen and oxygen atoms in total. The Morgan fingerprint density at radius 1 is 0.362 bits per heavy atom. The highest BCUT2D eigenvalue weighted by Crippen LogP contribution is 2.42. The Hall–Kier alpha value is -7.89. The first-order chi connectivity index (χ1) is 28.7. The summed E-state index contributed by atoms with van der Waals surface area (Å²) in [5, 5.41) is 16.0. The fraction of sp³-hybridized carbons (Fsp3) is 0. The van der Waals surface area contributed by atoms with Crippen LogP contribution in [0.25, 0.3) is 126 Å². The maximum absolute atomic E-state index is 6.65. The first-order valence-corrected chi connectivity index (χ1v) is 19.6. The lowest BCUT2D eigenvalue weighted by atomic mass is 9.93. The minimum absolute atomic E-state index is 0.555. The molecule has 0 radical (unpaired) electrons. The predicted octanol–water partition coefficient (Wildman–Crippen LogP) is 14.0. The summed E-state index contributed by atoms with van der Waals surface area (Å²) in [6.45, 7) is 0. The van der Waals surface area contributed by atoms with E-state index < -0.39 is 0 Å². The third-order valence-corrected chi connectivity index (χ3v) is 12.0. The minimum Gasteiger partial charge on any atom is -0.455 e. The molecule has 10 aromatic carbocycles. The highest BCUT2D eigenvalue weighted by Gasteiger charge is 2.23. The van der Waals surface area contributed by atoms with Crippen LogP contribution in [-0.4, -0.2) is 19.5 Å². The van der Waals surface area contributed by atoms with Gasteiger partial charge in [-0.2, -0.15) is 9.97 Å². The summed E-state index contributed by atoms with van der Waals surface area (Å²) in [4.78, 5) is 16.3. The van der Waals surface area contributed by atoms with Crippen LogP contribution in [0.15, 0.2) is 186 Å². The molecule has 13 rings (SSSR count). The average Bonchev–Trinajstić information content (AvgIpc) is 3.84. The molecule has 0 N–H and O–H groups in total. The second kappa shape index (κ2) is 11.8. The van der Waals surface area contributed by atoms with Crippen molar-refractivity contribution in [2.24, 2.45) is 0 Å². The van der Waals surface area contributed by atoms with Gasteiger partial charge in [0.1, 0.15) is 11.2 Å². The molecule has 0 fully saturated rings. The van der Waals surface area contributed by atoms with Crippen LogP contribution in [0.3, 0.4) is 0 Å². The minimum atomic E-state index is 0.555. The van der Waals surface area contributed by atoms with Crippen LogP contribution in [0.5, 0.6) is 0 Å². The lowest BCUT2D eigenvalue weighted by molar-refractivity contribution is 0.672. The molecule has 0 unspecified atom stereocenters. The zero-order valence-corrected chi connectivity index (χ0v) is 31.0. The van der Waals surface area contributed by atoms with Gasteiger partial charge in [-0.25, -0.2) is 4.98 Å². The van der Waals surface area contributed by atoms with Gasteiger partial charge in [-0.05, 0) is 84.9 Å².